The van der Waals surface area contributed by atoms with E-state index in [9.17, 15) is 9.59 Å². The quantitative estimate of drug-likeness (QED) is 0.653. The molecule has 0 unspecified atom stereocenters. The van der Waals surface area contributed by atoms with E-state index < -0.39 is 0 Å². The number of aliphatic hydroxyl groups excluding tert-OH is 1. The van der Waals surface area contributed by atoms with E-state index in [2.05, 4.69) is 16.6 Å². The molecule has 1 aromatic rings. The lowest BCUT2D eigenvalue weighted by atomic mass is 10.3. The molecule has 0 aliphatic rings. The summed E-state index contributed by atoms with van der Waals surface area (Å²) >= 11 is 1.30. The molecule has 20 heavy (non-hydrogen) atoms. The van der Waals surface area contributed by atoms with Gasteiger partial charge in [-0.1, -0.05) is 11.8 Å². The van der Waals surface area contributed by atoms with Crippen molar-refractivity contribution in [2.75, 3.05) is 27.3 Å². The van der Waals surface area contributed by atoms with Gasteiger partial charge in [-0.3, -0.25) is 9.59 Å². The van der Waals surface area contributed by atoms with E-state index in [0.29, 0.717) is 17.8 Å². The predicted octanol–water partition coefficient (Wildman–Crippen LogP) is 1.12. The molecular formula is C14H17NO4S. The van der Waals surface area contributed by atoms with E-state index in [-0.39, 0.29) is 24.9 Å². The SMILES string of the molecule is COC(=O)CCN(C)C(=O)c1ccc(C#CCCO)s1. The predicted molar refractivity (Wildman–Crippen MR) is 76.5 cm³/mol. The third-order valence-electron chi connectivity index (χ3n) is 2.49. The first-order valence-electron chi connectivity index (χ1n) is 6.10. The van der Waals surface area contributed by atoms with Gasteiger partial charge in [-0.15, -0.1) is 11.3 Å². The number of rotatable bonds is 5. The van der Waals surface area contributed by atoms with Crippen LogP contribution in [-0.2, 0) is 9.53 Å². The average Bonchev–Trinajstić information content (AvgIpc) is 2.92. The fourth-order valence-electron chi connectivity index (χ4n) is 1.38. The monoisotopic (exact) mass is 295 g/mol. The van der Waals surface area contributed by atoms with Crippen molar-refractivity contribution in [1.29, 1.82) is 0 Å². The molecule has 0 aliphatic heterocycles. The van der Waals surface area contributed by atoms with Crippen LogP contribution >= 0.6 is 11.3 Å². The summed E-state index contributed by atoms with van der Waals surface area (Å²) in [4.78, 5) is 26.0. The number of carbonyl (C=O) groups excluding carboxylic acids is 2. The van der Waals surface area contributed by atoms with Crippen LogP contribution in [0, 0.1) is 11.8 Å². The second-order valence-electron chi connectivity index (χ2n) is 3.99. The Morgan fingerprint density at radius 1 is 1.45 bits per heavy atom. The van der Waals surface area contributed by atoms with Crippen LogP contribution in [-0.4, -0.2) is 49.2 Å². The summed E-state index contributed by atoms with van der Waals surface area (Å²) in [6.07, 6.45) is 0.591. The maximum Gasteiger partial charge on any atom is 0.307 e. The summed E-state index contributed by atoms with van der Waals surface area (Å²) in [7, 11) is 2.96. The molecule has 0 fully saturated rings. The van der Waals surface area contributed by atoms with Crippen molar-refractivity contribution >= 4 is 23.2 Å². The lowest BCUT2D eigenvalue weighted by Crippen LogP contribution is -2.28. The Morgan fingerprint density at radius 3 is 2.85 bits per heavy atom. The minimum absolute atomic E-state index is 0.0282. The topological polar surface area (TPSA) is 66.8 Å². The molecule has 6 heteroatoms. The molecule has 1 amide bonds. The summed E-state index contributed by atoms with van der Waals surface area (Å²) in [5, 5.41) is 8.64. The van der Waals surface area contributed by atoms with Gasteiger partial charge in [-0.2, -0.15) is 0 Å². The van der Waals surface area contributed by atoms with E-state index in [0.717, 1.165) is 4.88 Å². The van der Waals surface area contributed by atoms with E-state index in [4.69, 9.17) is 5.11 Å². The van der Waals surface area contributed by atoms with Crippen LogP contribution in [0.25, 0.3) is 0 Å². The van der Waals surface area contributed by atoms with Gasteiger partial charge < -0.3 is 14.7 Å². The Kier molecular flexibility index (Phi) is 6.77. The zero-order valence-electron chi connectivity index (χ0n) is 11.5. The minimum Gasteiger partial charge on any atom is -0.469 e. The van der Waals surface area contributed by atoms with Gasteiger partial charge in [0.05, 0.1) is 29.9 Å². The second-order valence-corrected chi connectivity index (χ2v) is 5.08. The normalized spacial score (nSPS) is 9.55. The maximum absolute atomic E-state index is 12.1. The fourth-order valence-corrected chi connectivity index (χ4v) is 2.25. The summed E-state index contributed by atoms with van der Waals surface area (Å²) < 4.78 is 4.53. The molecule has 0 bridgehead atoms. The highest BCUT2D eigenvalue weighted by molar-refractivity contribution is 7.14. The number of hydrogen-bond acceptors (Lipinski definition) is 5. The molecule has 0 aliphatic carbocycles. The number of esters is 1. The molecule has 5 nitrogen and oxygen atoms in total. The Labute approximate surface area is 122 Å². The van der Waals surface area contributed by atoms with Crippen molar-refractivity contribution in [3.8, 4) is 11.8 Å². The number of ether oxygens (including phenoxy) is 1. The van der Waals surface area contributed by atoms with Crippen molar-refractivity contribution in [2.45, 2.75) is 12.8 Å². The number of carbonyl (C=O) groups is 2. The Balaban J connectivity index is 2.59. The minimum atomic E-state index is -0.341. The molecule has 1 N–H and O–H groups in total. The van der Waals surface area contributed by atoms with Gasteiger partial charge in [0.25, 0.3) is 5.91 Å². The van der Waals surface area contributed by atoms with E-state index in [1.807, 2.05) is 0 Å². The van der Waals surface area contributed by atoms with Crippen molar-refractivity contribution in [3.05, 3.63) is 21.9 Å². The first-order chi connectivity index (χ1) is 9.58. The molecule has 108 valence electrons. The second kappa shape index (κ2) is 8.35. The summed E-state index contributed by atoms with van der Waals surface area (Å²) in [6, 6.07) is 3.49. The summed E-state index contributed by atoms with van der Waals surface area (Å²) in [5.41, 5.74) is 0. The number of methoxy groups -OCH3 is 1. The van der Waals surface area contributed by atoms with Crippen molar-refractivity contribution < 1.29 is 19.4 Å². The number of aliphatic hydroxyl groups is 1. The van der Waals surface area contributed by atoms with Gasteiger partial charge in [0.2, 0.25) is 0 Å². The maximum atomic E-state index is 12.1. The number of amides is 1. The first kappa shape index (κ1) is 16.2. The van der Waals surface area contributed by atoms with Gasteiger partial charge in [0, 0.05) is 20.0 Å². The zero-order chi connectivity index (χ0) is 15.0. The molecule has 0 saturated carbocycles. The van der Waals surface area contributed by atoms with Crippen LogP contribution in [0.2, 0.25) is 0 Å². The standard InChI is InChI=1S/C14H17NO4S/c1-15(9-8-13(17)19-2)14(18)12-7-6-11(20-12)5-3-4-10-16/h6-7,16H,4,8-10H2,1-2H3. The van der Waals surface area contributed by atoms with E-state index in [1.54, 1.807) is 19.2 Å². The van der Waals surface area contributed by atoms with Gasteiger partial charge in [0.15, 0.2) is 0 Å². The van der Waals surface area contributed by atoms with Crippen LogP contribution in [0.15, 0.2) is 12.1 Å². The van der Waals surface area contributed by atoms with E-state index in [1.165, 1.54) is 23.3 Å². The highest BCUT2D eigenvalue weighted by Gasteiger charge is 2.15. The molecular weight excluding hydrogens is 278 g/mol. The molecule has 1 heterocycles. The first-order valence-corrected chi connectivity index (χ1v) is 6.92. The van der Waals surface area contributed by atoms with Gasteiger partial charge in [-0.25, -0.2) is 0 Å². The van der Waals surface area contributed by atoms with Crippen LogP contribution in [0.5, 0.6) is 0 Å². The molecule has 0 aromatic carbocycles. The molecule has 0 saturated heterocycles. The summed E-state index contributed by atoms with van der Waals surface area (Å²) in [6.45, 7) is 0.343. The van der Waals surface area contributed by atoms with Crippen molar-refractivity contribution in [1.82, 2.24) is 4.90 Å². The molecule has 1 aromatic heterocycles. The van der Waals surface area contributed by atoms with Gasteiger partial charge in [-0.05, 0) is 12.1 Å². The Bertz CT molecular complexity index is 527. The van der Waals surface area contributed by atoms with Crippen LogP contribution in [0.3, 0.4) is 0 Å². The molecule has 0 atom stereocenters. The van der Waals surface area contributed by atoms with Crippen LogP contribution in [0.1, 0.15) is 27.4 Å². The van der Waals surface area contributed by atoms with E-state index >= 15 is 0 Å². The molecule has 0 radical (unpaired) electrons. The lowest BCUT2D eigenvalue weighted by molar-refractivity contribution is -0.140. The van der Waals surface area contributed by atoms with Crippen LogP contribution in [0.4, 0.5) is 0 Å². The highest BCUT2D eigenvalue weighted by Crippen LogP contribution is 2.17. The van der Waals surface area contributed by atoms with Crippen LogP contribution < -0.4 is 0 Å². The van der Waals surface area contributed by atoms with Gasteiger partial charge in [0.1, 0.15) is 0 Å². The number of hydrogen-bond donors (Lipinski definition) is 1. The Hall–Kier alpha value is -1.84. The average molecular weight is 295 g/mol. The van der Waals surface area contributed by atoms with Crippen molar-refractivity contribution in [3.63, 3.8) is 0 Å². The lowest BCUT2D eigenvalue weighted by Gasteiger charge is -2.15. The molecule has 0 spiro atoms. The highest BCUT2D eigenvalue weighted by atomic mass is 32.1. The molecule has 1 rings (SSSR count). The third kappa shape index (κ3) is 5.03. The van der Waals surface area contributed by atoms with Gasteiger partial charge >= 0.3 is 5.97 Å². The number of nitrogens with zero attached hydrogens (tertiary/aromatic N) is 1. The fraction of sp³-hybridized carbons (Fsp3) is 0.429. The number of thiophene rings is 1. The summed E-state index contributed by atoms with van der Waals surface area (Å²) in [5.74, 6) is 5.20. The third-order valence-corrected chi connectivity index (χ3v) is 3.48. The van der Waals surface area contributed by atoms with Crippen molar-refractivity contribution in [2.24, 2.45) is 0 Å². The Morgan fingerprint density at radius 2 is 2.20 bits per heavy atom. The zero-order valence-corrected chi connectivity index (χ0v) is 12.3. The smallest absolute Gasteiger partial charge is 0.307 e. The largest absolute Gasteiger partial charge is 0.469 e.